The highest BCUT2D eigenvalue weighted by Gasteiger charge is 2.08. The van der Waals surface area contributed by atoms with E-state index >= 15 is 0 Å². The standard InChI is InChI=1S/C25H28N4O5S/c26-35(33,34)23-9-7-18(8-10-23)11-12-27-17-19-3-1-4-20(15-19)21-5-2-6-22(16-21)24(30)28-13-14-29-25(31)32/h1-10,15-16,27,29H,11-14,17H2,(H,28,30)(H,31,32)(H2,26,33,34). The molecule has 0 fully saturated rings. The molecule has 0 atom stereocenters. The number of carbonyl (C=O) groups excluding carboxylic acids is 1. The molecule has 10 heteroatoms. The molecule has 0 radical (unpaired) electrons. The zero-order chi connectivity index (χ0) is 25.3. The lowest BCUT2D eigenvalue weighted by molar-refractivity contribution is 0.0953. The van der Waals surface area contributed by atoms with E-state index < -0.39 is 16.1 Å². The molecule has 0 aliphatic rings. The van der Waals surface area contributed by atoms with E-state index in [1.807, 2.05) is 30.3 Å². The molecule has 0 aliphatic heterocycles. The molecule has 0 heterocycles. The van der Waals surface area contributed by atoms with Crippen molar-refractivity contribution in [1.82, 2.24) is 16.0 Å². The van der Waals surface area contributed by atoms with Crippen LogP contribution in [0.4, 0.5) is 4.79 Å². The number of hydrogen-bond donors (Lipinski definition) is 5. The summed E-state index contributed by atoms with van der Waals surface area (Å²) in [5.74, 6) is -0.269. The van der Waals surface area contributed by atoms with Gasteiger partial charge in [0.05, 0.1) is 4.90 Å². The van der Waals surface area contributed by atoms with Crippen LogP contribution in [0.15, 0.2) is 77.7 Å². The van der Waals surface area contributed by atoms with Crippen LogP contribution < -0.4 is 21.1 Å². The zero-order valence-corrected chi connectivity index (χ0v) is 19.8. The summed E-state index contributed by atoms with van der Waals surface area (Å²) in [7, 11) is -3.68. The number of primary sulfonamides is 1. The molecule has 6 N–H and O–H groups in total. The molecular weight excluding hydrogens is 468 g/mol. The molecule has 0 saturated carbocycles. The lowest BCUT2D eigenvalue weighted by atomic mass is 10.0. The van der Waals surface area contributed by atoms with Crippen LogP contribution in [0.3, 0.4) is 0 Å². The number of hydrogen-bond acceptors (Lipinski definition) is 5. The highest BCUT2D eigenvalue weighted by Crippen LogP contribution is 2.22. The molecule has 0 bridgehead atoms. The van der Waals surface area contributed by atoms with Gasteiger partial charge >= 0.3 is 6.09 Å². The van der Waals surface area contributed by atoms with Gasteiger partial charge in [-0.15, -0.1) is 0 Å². The van der Waals surface area contributed by atoms with Crippen LogP contribution in [-0.2, 0) is 23.0 Å². The zero-order valence-electron chi connectivity index (χ0n) is 19.0. The fraction of sp³-hybridized carbons (Fsp3) is 0.200. The van der Waals surface area contributed by atoms with Gasteiger partial charge in [0.15, 0.2) is 0 Å². The van der Waals surface area contributed by atoms with Crippen LogP contribution >= 0.6 is 0 Å². The maximum Gasteiger partial charge on any atom is 0.404 e. The monoisotopic (exact) mass is 496 g/mol. The van der Waals surface area contributed by atoms with Gasteiger partial charge in [-0.1, -0.05) is 42.5 Å². The molecule has 0 saturated heterocycles. The predicted molar refractivity (Wildman–Crippen MR) is 133 cm³/mol. The third kappa shape index (κ3) is 8.21. The molecular formula is C25H28N4O5S. The number of carbonyl (C=O) groups is 2. The summed E-state index contributed by atoms with van der Waals surface area (Å²) in [6.07, 6.45) is -0.390. The molecule has 3 rings (SSSR count). The summed E-state index contributed by atoms with van der Waals surface area (Å²) >= 11 is 0. The number of nitrogens with one attached hydrogen (secondary N) is 3. The average Bonchev–Trinajstić information content (AvgIpc) is 2.84. The average molecular weight is 497 g/mol. The molecule has 3 aromatic carbocycles. The maximum absolute atomic E-state index is 12.4. The van der Waals surface area contributed by atoms with Crippen LogP contribution in [0, 0.1) is 0 Å². The van der Waals surface area contributed by atoms with Gasteiger partial charge in [-0.05, 0) is 65.6 Å². The predicted octanol–water partition coefficient (Wildman–Crippen LogP) is 2.33. The molecule has 2 amide bonds. The van der Waals surface area contributed by atoms with Crippen LogP contribution in [0.1, 0.15) is 21.5 Å². The number of amides is 2. The Morgan fingerprint density at radius 1 is 0.800 bits per heavy atom. The van der Waals surface area contributed by atoms with Crippen molar-refractivity contribution in [2.75, 3.05) is 19.6 Å². The Labute approximate surface area is 204 Å². The first-order chi connectivity index (χ1) is 16.7. The number of nitrogens with two attached hydrogens (primary N) is 1. The fourth-order valence-corrected chi connectivity index (χ4v) is 3.98. The Bertz CT molecular complexity index is 1280. The molecule has 0 spiro atoms. The number of rotatable bonds is 11. The lowest BCUT2D eigenvalue weighted by Crippen LogP contribution is -2.33. The van der Waals surface area contributed by atoms with E-state index in [2.05, 4.69) is 22.0 Å². The topological polar surface area (TPSA) is 151 Å². The van der Waals surface area contributed by atoms with E-state index in [0.29, 0.717) is 18.7 Å². The second-order valence-corrected chi connectivity index (χ2v) is 9.45. The van der Waals surface area contributed by atoms with Crippen LogP contribution in [-0.4, -0.2) is 45.2 Å². The van der Waals surface area contributed by atoms with Gasteiger partial charge < -0.3 is 21.1 Å². The van der Waals surface area contributed by atoms with Crippen LogP contribution in [0.25, 0.3) is 11.1 Å². The summed E-state index contributed by atoms with van der Waals surface area (Å²) in [6.45, 7) is 1.70. The number of benzene rings is 3. The third-order valence-electron chi connectivity index (χ3n) is 5.24. The summed E-state index contributed by atoms with van der Waals surface area (Å²) in [5.41, 5.74) is 4.46. The SMILES string of the molecule is NS(=O)(=O)c1ccc(CCNCc2cccc(-c3cccc(C(=O)NCCNC(=O)O)c3)c2)cc1. The Balaban J connectivity index is 1.53. The quantitative estimate of drug-likeness (QED) is 0.257. The van der Waals surface area contributed by atoms with Crippen LogP contribution in [0.5, 0.6) is 0 Å². The van der Waals surface area contributed by atoms with E-state index in [9.17, 15) is 18.0 Å². The molecule has 35 heavy (non-hydrogen) atoms. The minimum atomic E-state index is -3.68. The van der Waals surface area contributed by atoms with E-state index in [0.717, 1.165) is 28.7 Å². The Morgan fingerprint density at radius 3 is 2.14 bits per heavy atom. The van der Waals surface area contributed by atoms with Crippen molar-refractivity contribution in [1.29, 1.82) is 0 Å². The fourth-order valence-electron chi connectivity index (χ4n) is 3.46. The number of sulfonamides is 1. The molecule has 0 aliphatic carbocycles. The highest BCUT2D eigenvalue weighted by atomic mass is 32.2. The molecule has 3 aromatic rings. The van der Waals surface area contributed by atoms with E-state index in [1.54, 1.807) is 24.3 Å². The van der Waals surface area contributed by atoms with Crippen molar-refractivity contribution in [3.8, 4) is 11.1 Å². The van der Waals surface area contributed by atoms with E-state index in [1.165, 1.54) is 12.1 Å². The Morgan fingerprint density at radius 2 is 1.46 bits per heavy atom. The summed E-state index contributed by atoms with van der Waals surface area (Å²) in [4.78, 5) is 22.9. The van der Waals surface area contributed by atoms with Gasteiger partial charge in [-0.25, -0.2) is 18.4 Å². The van der Waals surface area contributed by atoms with Gasteiger partial charge in [0, 0.05) is 25.2 Å². The number of carboxylic acid groups (broad SMARTS) is 1. The van der Waals surface area contributed by atoms with E-state index in [4.69, 9.17) is 10.2 Å². The van der Waals surface area contributed by atoms with Gasteiger partial charge in [0.2, 0.25) is 10.0 Å². The normalized spacial score (nSPS) is 11.1. The van der Waals surface area contributed by atoms with Gasteiger partial charge in [0.25, 0.3) is 5.91 Å². The van der Waals surface area contributed by atoms with E-state index in [-0.39, 0.29) is 23.9 Å². The first-order valence-corrected chi connectivity index (χ1v) is 12.5. The second kappa shape index (κ2) is 12.1. The third-order valence-corrected chi connectivity index (χ3v) is 6.17. The van der Waals surface area contributed by atoms with Crippen molar-refractivity contribution in [2.45, 2.75) is 17.9 Å². The molecule has 184 valence electrons. The maximum atomic E-state index is 12.4. The van der Waals surface area contributed by atoms with Crippen molar-refractivity contribution in [2.24, 2.45) is 5.14 Å². The van der Waals surface area contributed by atoms with Crippen molar-refractivity contribution >= 4 is 22.0 Å². The smallest absolute Gasteiger partial charge is 0.404 e. The van der Waals surface area contributed by atoms with Crippen molar-refractivity contribution in [3.05, 3.63) is 89.5 Å². The van der Waals surface area contributed by atoms with Gasteiger partial charge in [-0.3, -0.25) is 4.79 Å². The first kappa shape index (κ1) is 25.9. The minimum Gasteiger partial charge on any atom is -0.465 e. The second-order valence-electron chi connectivity index (χ2n) is 7.88. The summed E-state index contributed by atoms with van der Waals surface area (Å²) in [5, 5.41) is 22.0. The van der Waals surface area contributed by atoms with Crippen molar-refractivity contribution < 1.29 is 23.1 Å². The summed E-state index contributed by atoms with van der Waals surface area (Å²) in [6, 6.07) is 21.8. The minimum absolute atomic E-state index is 0.0998. The molecule has 9 nitrogen and oxygen atoms in total. The van der Waals surface area contributed by atoms with Crippen molar-refractivity contribution in [3.63, 3.8) is 0 Å². The van der Waals surface area contributed by atoms with Gasteiger partial charge in [-0.2, -0.15) is 0 Å². The first-order valence-electron chi connectivity index (χ1n) is 11.0. The largest absolute Gasteiger partial charge is 0.465 e. The Kier molecular flexibility index (Phi) is 8.96. The molecule has 0 aromatic heterocycles. The van der Waals surface area contributed by atoms with Crippen LogP contribution in [0.2, 0.25) is 0 Å². The van der Waals surface area contributed by atoms with Gasteiger partial charge in [0.1, 0.15) is 0 Å². The summed E-state index contributed by atoms with van der Waals surface area (Å²) < 4.78 is 22.7. The highest BCUT2D eigenvalue weighted by molar-refractivity contribution is 7.89. The molecule has 0 unspecified atom stereocenters. The lowest BCUT2D eigenvalue weighted by Gasteiger charge is -2.10. The Hall–Kier alpha value is -3.73.